The van der Waals surface area contributed by atoms with E-state index in [9.17, 15) is 0 Å². The number of aromatic nitrogens is 1. The second-order valence-electron chi connectivity index (χ2n) is 18.4. The third kappa shape index (κ3) is 4.75. The van der Waals surface area contributed by atoms with E-state index < -0.39 is 10.8 Å². The zero-order valence-electron chi connectivity index (χ0n) is 36.4. The molecule has 0 saturated carbocycles. The number of hydrogen-bond acceptors (Lipinski definition) is 2. The predicted octanol–water partition coefficient (Wildman–Crippen LogP) is 16.6. The van der Waals surface area contributed by atoms with E-state index in [4.69, 9.17) is 4.98 Å². The Kier molecular flexibility index (Phi) is 7.58. The van der Waals surface area contributed by atoms with Crippen LogP contribution in [0.4, 0.5) is 0 Å². The van der Waals surface area contributed by atoms with Crippen LogP contribution in [0.15, 0.2) is 237 Å². The second kappa shape index (κ2) is 13.7. The molecule has 1 heterocycles. The van der Waals surface area contributed by atoms with Gasteiger partial charge in [-0.3, -0.25) is 0 Å². The number of fused-ring (bicyclic) bond motifs is 19. The summed E-state index contributed by atoms with van der Waals surface area (Å²) in [4.78, 5) is 5.19. The maximum absolute atomic E-state index is 5.19. The van der Waals surface area contributed by atoms with Gasteiger partial charge in [-0.05, 0) is 129 Å². The van der Waals surface area contributed by atoms with Crippen LogP contribution < -0.4 is 0 Å². The predicted molar refractivity (Wildman–Crippen MR) is 279 cm³/mol. The summed E-state index contributed by atoms with van der Waals surface area (Å²) in [6, 6.07) is 89.1. The van der Waals surface area contributed by atoms with E-state index in [1.54, 1.807) is 11.3 Å². The van der Waals surface area contributed by atoms with Crippen LogP contribution in [0.1, 0.15) is 44.5 Å². The molecule has 0 aliphatic heterocycles. The fourth-order valence-electron chi connectivity index (χ4n) is 12.9. The lowest BCUT2D eigenvalue weighted by Gasteiger charge is -2.49. The molecule has 0 atom stereocenters. The van der Waals surface area contributed by atoms with Crippen LogP contribution in [0.5, 0.6) is 0 Å². The summed E-state index contributed by atoms with van der Waals surface area (Å²) in [7, 11) is 0. The van der Waals surface area contributed by atoms with Crippen LogP contribution in [0.3, 0.4) is 0 Å². The first kappa shape index (κ1) is 37.1. The summed E-state index contributed by atoms with van der Waals surface area (Å²) in [6.45, 7) is 0. The third-order valence-electron chi connectivity index (χ3n) is 15.4. The lowest BCUT2D eigenvalue weighted by molar-refractivity contribution is 0.633. The number of nitrogens with zero attached hydrogens (tertiary/aromatic N) is 1. The van der Waals surface area contributed by atoms with Crippen molar-refractivity contribution in [1.82, 2.24) is 4.98 Å². The van der Waals surface area contributed by atoms with Crippen molar-refractivity contribution in [2.45, 2.75) is 10.8 Å². The van der Waals surface area contributed by atoms with E-state index in [-0.39, 0.29) is 0 Å². The van der Waals surface area contributed by atoms with Crippen molar-refractivity contribution in [2.75, 3.05) is 0 Å². The van der Waals surface area contributed by atoms with Crippen LogP contribution >= 0.6 is 11.3 Å². The third-order valence-corrected chi connectivity index (χ3v) is 16.5. The maximum atomic E-state index is 5.19. The molecule has 0 bridgehead atoms. The quantitative estimate of drug-likeness (QED) is 0.161. The molecule has 2 spiro atoms. The van der Waals surface area contributed by atoms with Gasteiger partial charge in [-0.15, -0.1) is 11.3 Å². The summed E-state index contributed by atoms with van der Waals surface area (Å²) in [5, 5.41) is 5.97. The van der Waals surface area contributed by atoms with Crippen molar-refractivity contribution in [3.05, 3.63) is 281 Å². The topological polar surface area (TPSA) is 12.9 Å². The Balaban J connectivity index is 0.971. The number of hydrogen-bond donors (Lipinski definition) is 0. The van der Waals surface area contributed by atoms with Crippen LogP contribution in [-0.2, 0) is 10.8 Å². The summed E-state index contributed by atoms with van der Waals surface area (Å²) in [6.07, 6.45) is 0. The average molecular weight is 866 g/mol. The zero-order chi connectivity index (χ0) is 43.8. The van der Waals surface area contributed by atoms with E-state index >= 15 is 0 Å². The first-order valence-corrected chi connectivity index (χ1v) is 24.1. The molecule has 0 saturated heterocycles. The van der Waals surface area contributed by atoms with Crippen molar-refractivity contribution in [2.24, 2.45) is 0 Å². The Morgan fingerprint density at radius 1 is 0.284 bits per heavy atom. The first-order valence-electron chi connectivity index (χ1n) is 23.3. The molecule has 3 aliphatic carbocycles. The highest BCUT2D eigenvalue weighted by Gasteiger charge is 2.58. The van der Waals surface area contributed by atoms with E-state index in [2.05, 4.69) is 237 Å². The highest BCUT2D eigenvalue weighted by molar-refractivity contribution is 7.21. The lowest BCUT2D eigenvalue weighted by atomic mass is 9.52. The smallest absolute Gasteiger partial charge is 0.125 e. The highest BCUT2D eigenvalue weighted by atomic mass is 32.1. The molecule has 12 aromatic rings. The van der Waals surface area contributed by atoms with Gasteiger partial charge in [0.1, 0.15) is 5.01 Å². The van der Waals surface area contributed by atoms with Gasteiger partial charge in [0, 0.05) is 5.56 Å². The number of rotatable bonds is 3. The van der Waals surface area contributed by atoms with E-state index in [0.29, 0.717) is 0 Å². The Morgan fingerprint density at radius 3 is 1.16 bits per heavy atom. The SMILES string of the molecule is c1ccc2c(c1)-c1ccccc1C21c2ccccc2C2(c3ccccc3-c3ccccc32)c2cc(-c3ccc(-c4c5ccccc5c(-c5nc6ccccc6s5)c5ccccc45)cc3)ccc21. The standard InChI is InChI=1S/C65H39NS/c1-3-23-49-47(21-1)61(48-22-2-4-24-50(48)62(49)63-66-59-31-15-16-32-60(59)67-63)41-35-33-40(34-36-41)42-37-38-57-58(39-42)65(53-27-11-7-19-45(53)46-20-8-12-28-54(46)65)56-30-14-13-29-55(56)64(57)51-25-9-5-17-43(51)44-18-6-10-26-52(44)64/h1-39H. The first-order chi connectivity index (χ1) is 33.2. The van der Waals surface area contributed by atoms with Crippen molar-refractivity contribution in [1.29, 1.82) is 0 Å². The van der Waals surface area contributed by atoms with Crippen molar-refractivity contribution in [3.8, 4) is 55.1 Å². The molecule has 1 aromatic heterocycles. The van der Waals surface area contributed by atoms with Crippen molar-refractivity contribution in [3.63, 3.8) is 0 Å². The molecule has 0 fully saturated rings. The normalized spacial score (nSPS) is 14.2. The Labute approximate surface area is 393 Å². The minimum Gasteiger partial charge on any atom is -0.236 e. The lowest BCUT2D eigenvalue weighted by Crippen LogP contribution is -2.43. The molecule has 0 radical (unpaired) electrons. The number of para-hydroxylation sites is 1. The summed E-state index contributed by atoms with van der Waals surface area (Å²) in [5.41, 5.74) is 22.1. The van der Waals surface area contributed by atoms with Gasteiger partial charge in [-0.1, -0.05) is 218 Å². The Hall–Kier alpha value is -8.17. The Morgan fingerprint density at radius 2 is 0.657 bits per heavy atom. The number of benzene rings is 11. The van der Waals surface area contributed by atoms with Gasteiger partial charge in [0.2, 0.25) is 0 Å². The largest absolute Gasteiger partial charge is 0.236 e. The molecule has 1 nitrogen and oxygen atoms in total. The van der Waals surface area contributed by atoms with Gasteiger partial charge in [-0.25, -0.2) is 4.98 Å². The van der Waals surface area contributed by atoms with Crippen molar-refractivity contribution < 1.29 is 0 Å². The van der Waals surface area contributed by atoms with Gasteiger partial charge in [-0.2, -0.15) is 0 Å². The summed E-state index contributed by atoms with van der Waals surface area (Å²) < 4.78 is 1.21. The zero-order valence-corrected chi connectivity index (χ0v) is 37.2. The molecule has 15 rings (SSSR count). The second-order valence-corrected chi connectivity index (χ2v) is 19.4. The van der Waals surface area contributed by atoms with Gasteiger partial charge in [0.15, 0.2) is 0 Å². The molecular weight excluding hydrogens is 827 g/mol. The van der Waals surface area contributed by atoms with Crippen molar-refractivity contribution >= 4 is 43.1 Å². The summed E-state index contributed by atoms with van der Waals surface area (Å²) in [5.74, 6) is 0. The van der Waals surface area contributed by atoms with Gasteiger partial charge < -0.3 is 0 Å². The molecule has 2 heteroatoms. The van der Waals surface area contributed by atoms with Gasteiger partial charge in [0.05, 0.1) is 21.0 Å². The molecule has 0 N–H and O–H groups in total. The van der Waals surface area contributed by atoms with E-state index in [1.165, 1.54) is 121 Å². The Bertz CT molecular complexity index is 3880. The van der Waals surface area contributed by atoms with Crippen LogP contribution in [0.25, 0.3) is 86.8 Å². The summed E-state index contributed by atoms with van der Waals surface area (Å²) >= 11 is 1.77. The average Bonchev–Trinajstić information content (AvgIpc) is 4.05. The minimum atomic E-state index is -0.532. The number of thiazole rings is 1. The highest BCUT2D eigenvalue weighted by Crippen LogP contribution is 2.67. The maximum Gasteiger partial charge on any atom is 0.125 e. The molecular formula is C65H39NS. The fourth-order valence-corrected chi connectivity index (χ4v) is 13.9. The van der Waals surface area contributed by atoms with Gasteiger partial charge >= 0.3 is 0 Å². The van der Waals surface area contributed by atoms with E-state index in [0.717, 1.165) is 10.5 Å². The molecule has 11 aromatic carbocycles. The molecule has 0 unspecified atom stereocenters. The monoisotopic (exact) mass is 865 g/mol. The molecule has 310 valence electrons. The van der Waals surface area contributed by atoms with Crippen LogP contribution in [0, 0.1) is 0 Å². The molecule has 3 aliphatic rings. The minimum absolute atomic E-state index is 0.501. The van der Waals surface area contributed by atoms with E-state index in [1.807, 2.05) is 0 Å². The van der Waals surface area contributed by atoms with Crippen LogP contribution in [-0.4, -0.2) is 4.98 Å². The van der Waals surface area contributed by atoms with Crippen LogP contribution in [0.2, 0.25) is 0 Å². The fraction of sp³-hybridized carbons (Fsp3) is 0.0308. The van der Waals surface area contributed by atoms with Gasteiger partial charge in [0.25, 0.3) is 0 Å². The molecule has 67 heavy (non-hydrogen) atoms. The molecule has 0 amide bonds.